The Kier molecular flexibility index (Phi) is 4.41. The molecule has 2 nitrogen and oxygen atoms in total. The molecule has 0 atom stereocenters. The molecule has 2 N–H and O–H groups in total. The van der Waals surface area contributed by atoms with Crippen LogP contribution >= 0.6 is 11.8 Å². The molecule has 0 saturated carbocycles. The van der Waals surface area contributed by atoms with Gasteiger partial charge >= 0.3 is 10.1 Å². The number of phenols is 2. The Morgan fingerprint density at radius 3 is 1.25 bits per heavy atom. The first-order chi connectivity index (χ1) is 7.24. The predicted molar refractivity (Wildman–Crippen MR) is 68.9 cm³/mol. The van der Waals surface area contributed by atoms with E-state index in [-0.39, 0.29) is 21.6 Å². The normalized spacial score (nSPS) is 9.50. The van der Waals surface area contributed by atoms with Gasteiger partial charge in [-0.05, 0) is 48.5 Å². The predicted octanol–water partition coefficient (Wildman–Crippen LogP) is 2.33. The van der Waals surface area contributed by atoms with Gasteiger partial charge in [0.15, 0.2) is 0 Å². The maximum absolute atomic E-state index is 9.12. The molecular formula is C12H12BeO2S. The minimum atomic E-state index is 0. The fraction of sp³-hybridized carbons (Fsp3) is 0. The molecule has 0 saturated heterocycles. The van der Waals surface area contributed by atoms with Crippen LogP contribution in [-0.2, 0) is 0 Å². The zero-order valence-electron chi connectivity index (χ0n) is 7.92. The molecule has 0 bridgehead atoms. The van der Waals surface area contributed by atoms with E-state index in [1.54, 1.807) is 36.0 Å². The van der Waals surface area contributed by atoms with Crippen molar-refractivity contribution in [3.8, 4) is 11.5 Å². The van der Waals surface area contributed by atoms with Crippen LogP contribution in [0.1, 0.15) is 0 Å². The Bertz CT molecular complexity index is 396. The molecule has 2 rings (SSSR count). The number of aromatic hydroxyl groups is 2. The van der Waals surface area contributed by atoms with E-state index in [0.717, 1.165) is 9.79 Å². The standard InChI is InChI=1S/C12H10O2S.Be.2H/c13-9-1-5-11(6-2-9)15-12-7-3-10(14)4-8-12;;;/h1-8,13-14H;;;. The van der Waals surface area contributed by atoms with E-state index in [2.05, 4.69) is 0 Å². The molecule has 0 unspecified atom stereocenters. The van der Waals surface area contributed by atoms with Crippen molar-refractivity contribution < 1.29 is 10.2 Å². The molecule has 0 heterocycles. The summed E-state index contributed by atoms with van der Waals surface area (Å²) in [7, 11) is 0. The number of hydrogen-bond donors (Lipinski definition) is 2. The molecule has 2 aromatic carbocycles. The van der Waals surface area contributed by atoms with Gasteiger partial charge in [-0.1, -0.05) is 11.8 Å². The first kappa shape index (κ1) is 12.6. The van der Waals surface area contributed by atoms with Crippen molar-refractivity contribution in [2.45, 2.75) is 9.79 Å². The van der Waals surface area contributed by atoms with Crippen molar-refractivity contribution in [1.82, 2.24) is 0 Å². The van der Waals surface area contributed by atoms with Crippen molar-refractivity contribution in [3.05, 3.63) is 48.5 Å². The number of rotatable bonds is 2. The molecule has 80 valence electrons. The first-order valence-electron chi connectivity index (χ1n) is 4.50. The zero-order chi connectivity index (χ0) is 10.7. The molecular weight excluding hydrogens is 217 g/mol. The van der Waals surface area contributed by atoms with Crippen LogP contribution in [0.4, 0.5) is 0 Å². The van der Waals surface area contributed by atoms with Gasteiger partial charge in [-0.3, -0.25) is 0 Å². The molecule has 0 fully saturated rings. The van der Waals surface area contributed by atoms with Gasteiger partial charge in [0, 0.05) is 9.79 Å². The SMILES string of the molecule is Oc1ccc(Sc2ccc(O)cc2)cc1.[BeH2]. The van der Waals surface area contributed by atoms with E-state index in [0.29, 0.717) is 0 Å². The molecule has 0 amide bonds. The molecule has 16 heavy (non-hydrogen) atoms. The van der Waals surface area contributed by atoms with Gasteiger partial charge in [-0.2, -0.15) is 0 Å². The van der Waals surface area contributed by atoms with Gasteiger partial charge in [-0.25, -0.2) is 0 Å². The molecule has 0 aromatic heterocycles. The van der Waals surface area contributed by atoms with Crippen molar-refractivity contribution in [2.75, 3.05) is 0 Å². The second-order valence-corrected chi connectivity index (χ2v) is 4.24. The molecule has 4 heteroatoms. The Labute approximate surface area is 102 Å². The van der Waals surface area contributed by atoms with Crippen LogP contribution in [0.25, 0.3) is 0 Å². The average molecular weight is 229 g/mol. The van der Waals surface area contributed by atoms with Gasteiger partial charge < -0.3 is 10.2 Å². The van der Waals surface area contributed by atoms with Gasteiger partial charge in [-0.15, -0.1) is 0 Å². The van der Waals surface area contributed by atoms with Crippen LogP contribution in [0.15, 0.2) is 58.3 Å². The summed E-state index contributed by atoms with van der Waals surface area (Å²) in [6.07, 6.45) is 0. The summed E-state index contributed by atoms with van der Waals surface area (Å²) in [5, 5.41) is 18.2. The van der Waals surface area contributed by atoms with E-state index >= 15 is 0 Å². The third kappa shape index (κ3) is 3.30. The van der Waals surface area contributed by atoms with E-state index in [1.807, 2.05) is 24.3 Å². The third-order valence-corrected chi connectivity index (χ3v) is 2.92. The molecule has 0 radical (unpaired) electrons. The molecule has 0 spiro atoms. The molecule has 0 aliphatic carbocycles. The van der Waals surface area contributed by atoms with Crippen molar-refractivity contribution in [1.29, 1.82) is 0 Å². The summed E-state index contributed by atoms with van der Waals surface area (Å²) >= 11 is 1.58. The molecule has 2 aromatic rings. The van der Waals surface area contributed by atoms with Crippen LogP contribution in [0.5, 0.6) is 11.5 Å². The fourth-order valence-corrected chi connectivity index (χ4v) is 1.98. The number of hydrogen-bond acceptors (Lipinski definition) is 3. The average Bonchev–Trinajstić information content (AvgIpc) is 2.25. The van der Waals surface area contributed by atoms with Gasteiger partial charge in [0.2, 0.25) is 0 Å². The quantitative estimate of drug-likeness (QED) is 0.776. The Balaban J connectivity index is 0.00000128. The van der Waals surface area contributed by atoms with E-state index < -0.39 is 0 Å². The van der Waals surface area contributed by atoms with Crippen molar-refractivity contribution in [2.24, 2.45) is 0 Å². The summed E-state index contributed by atoms with van der Waals surface area (Å²) in [5.74, 6) is 0.537. The van der Waals surface area contributed by atoms with Gasteiger partial charge in [0.05, 0.1) is 0 Å². The number of phenolic OH excluding ortho intramolecular Hbond substituents is 2. The summed E-state index contributed by atoms with van der Waals surface area (Å²) < 4.78 is 0. The third-order valence-electron chi connectivity index (χ3n) is 1.91. The zero-order valence-corrected chi connectivity index (χ0v) is 8.74. The number of benzene rings is 2. The first-order valence-corrected chi connectivity index (χ1v) is 5.31. The van der Waals surface area contributed by atoms with Crippen LogP contribution in [0.2, 0.25) is 0 Å². The summed E-state index contributed by atoms with van der Waals surface area (Å²) in [5.41, 5.74) is 0. The monoisotopic (exact) mass is 229 g/mol. The van der Waals surface area contributed by atoms with Crippen LogP contribution in [0.3, 0.4) is 0 Å². The van der Waals surface area contributed by atoms with Crippen LogP contribution < -0.4 is 0 Å². The van der Waals surface area contributed by atoms with Gasteiger partial charge in [0.25, 0.3) is 0 Å². The van der Waals surface area contributed by atoms with Gasteiger partial charge in [0.1, 0.15) is 11.5 Å². The van der Waals surface area contributed by atoms with E-state index in [1.165, 1.54) is 0 Å². The Morgan fingerprint density at radius 2 is 0.938 bits per heavy atom. The molecule has 0 aliphatic heterocycles. The Hall–Kier alpha value is -1.44. The summed E-state index contributed by atoms with van der Waals surface area (Å²) in [6, 6.07) is 14.0. The summed E-state index contributed by atoms with van der Waals surface area (Å²) in [6.45, 7) is 0. The van der Waals surface area contributed by atoms with Crippen LogP contribution in [-0.4, -0.2) is 20.3 Å². The minimum absolute atomic E-state index is 0. The Morgan fingerprint density at radius 1 is 0.625 bits per heavy atom. The van der Waals surface area contributed by atoms with E-state index in [9.17, 15) is 0 Å². The summed E-state index contributed by atoms with van der Waals surface area (Å²) in [4.78, 5) is 2.11. The second-order valence-electron chi connectivity index (χ2n) is 3.09. The maximum atomic E-state index is 9.12. The fourth-order valence-electron chi connectivity index (χ4n) is 1.16. The van der Waals surface area contributed by atoms with E-state index in [4.69, 9.17) is 10.2 Å². The van der Waals surface area contributed by atoms with Crippen molar-refractivity contribution >= 4 is 21.9 Å². The molecule has 0 aliphatic rings. The second kappa shape index (κ2) is 5.59. The topological polar surface area (TPSA) is 40.5 Å². The van der Waals surface area contributed by atoms with Crippen molar-refractivity contribution in [3.63, 3.8) is 0 Å². The van der Waals surface area contributed by atoms with Crippen LogP contribution in [0, 0.1) is 0 Å².